The molecule has 194 valence electrons. The van der Waals surface area contributed by atoms with Gasteiger partial charge in [0.1, 0.15) is 6.10 Å². The van der Waals surface area contributed by atoms with Gasteiger partial charge in [0.05, 0.1) is 0 Å². The second kappa shape index (κ2) is 10.1. The molecule has 0 aromatic heterocycles. The SMILES string of the molecule is CC(C)CCC[C@H](C)[C@H]1CC[C@H]2[C@@H]3CC=C4C[C@H](OC(=O)C(Cl)(Cl)Cl)CC[C@]4(C)[C@H]3CC[C@]12C. The Hall–Kier alpha value is 0.0800. The number of ether oxygens (including phenoxy) is 1. The van der Waals surface area contributed by atoms with Crippen LogP contribution in [0.15, 0.2) is 11.6 Å². The molecule has 2 nitrogen and oxygen atoms in total. The van der Waals surface area contributed by atoms with Gasteiger partial charge in [0, 0.05) is 6.42 Å². The number of rotatable bonds is 6. The van der Waals surface area contributed by atoms with Crippen molar-refractivity contribution in [3.05, 3.63) is 11.6 Å². The quantitative estimate of drug-likeness (QED) is 0.194. The molecule has 0 spiro atoms. The number of hydrogen-bond donors (Lipinski definition) is 0. The summed E-state index contributed by atoms with van der Waals surface area (Å²) in [5.74, 6) is 4.23. The van der Waals surface area contributed by atoms with Crippen LogP contribution in [0.2, 0.25) is 0 Å². The van der Waals surface area contributed by atoms with Gasteiger partial charge in [0.15, 0.2) is 0 Å². The molecule has 0 heterocycles. The Morgan fingerprint density at radius 2 is 1.79 bits per heavy atom. The maximum Gasteiger partial charge on any atom is 0.358 e. The predicted molar refractivity (Wildman–Crippen MR) is 143 cm³/mol. The molecule has 34 heavy (non-hydrogen) atoms. The zero-order chi connectivity index (χ0) is 24.9. The third-order valence-electron chi connectivity index (χ3n) is 10.8. The minimum Gasteiger partial charge on any atom is -0.459 e. The number of fused-ring (bicyclic) bond motifs is 5. The van der Waals surface area contributed by atoms with Gasteiger partial charge in [-0.15, -0.1) is 0 Å². The molecule has 0 aliphatic heterocycles. The van der Waals surface area contributed by atoms with E-state index >= 15 is 0 Å². The Morgan fingerprint density at radius 3 is 2.47 bits per heavy atom. The van der Waals surface area contributed by atoms with E-state index in [4.69, 9.17) is 39.5 Å². The predicted octanol–water partition coefficient (Wildman–Crippen LogP) is 9.31. The molecule has 4 aliphatic carbocycles. The van der Waals surface area contributed by atoms with Gasteiger partial charge in [-0.1, -0.05) is 100 Å². The Labute approximate surface area is 222 Å². The lowest BCUT2D eigenvalue weighted by molar-refractivity contribution is -0.150. The minimum atomic E-state index is -1.99. The van der Waals surface area contributed by atoms with Gasteiger partial charge in [-0.25, -0.2) is 4.79 Å². The van der Waals surface area contributed by atoms with Crippen LogP contribution < -0.4 is 0 Å². The van der Waals surface area contributed by atoms with E-state index in [9.17, 15) is 4.79 Å². The molecule has 3 fully saturated rings. The highest BCUT2D eigenvalue weighted by atomic mass is 35.6. The number of carbonyl (C=O) groups is 1. The second-order valence-corrected chi connectivity index (χ2v) is 15.3. The van der Waals surface area contributed by atoms with Crippen molar-refractivity contribution in [3.8, 4) is 0 Å². The van der Waals surface area contributed by atoms with Crippen molar-refractivity contribution in [2.45, 2.75) is 115 Å². The van der Waals surface area contributed by atoms with Crippen LogP contribution in [0, 0.1) is 46.3 Å². The van der Waals surface area contributed by atoms with Gasteiger partial charge in [0.2, 0.25) is 0 Å². The van der Waals surface area contributed by atoms with Gasteiger partial charge in [-0.05, 0) is 91.3 Å². The van der Waals surface area contributed by atoms with Crippen LogP contribution in [0.3, 0.4) is 0 Å². The van der Waals surface area contributed by atoms with E-state index in [1.165, 1.54) is 56.9 Å². The van der Waals surface area contributed by atoms with E-state index in [1.807, 2.05) is 0 Å². The van der Waals surface area contributed by atoms with Crippen LogP contribution in [0.25, 0.3) is 0 Å². The number of allylic oxidation sites excluding steroid dienone is 1. The Balaban J connectivity index is 1.44. The highest BCUT2D eigenvalue weighted by Crippen LogP contribution is 2.67. The van der Waals surface area contributed by atoms with Crippen molar-refractivity contribution < 1.29 is 9.53 Å². The van der Waals surface area contributed by atoms with Gasteiger partial charge >= 0.3 is 5.97 Å². The fraction of sp³-hybridized carbons (Fsp3) is 0.897. The second-order valence-electron chi connectivity index (χ2n) is 13.1. The van der Waals surface area contributed by atoms with Crippen molar-refractivity contribution in [2.24, 2.45) is 46.3 Å². The number of hydrogen-bond acceptors (Lipinski definition) is 2. The molecule has 0 saturated heterocycles. The van der Waals surface area contributed by atoms with Gasteiger partial charge < -0.3 is 4.74 Å². The molecular formula is C29H45Cl3O2. The van der Waals surface area contributed by atoms with E-state index in [0.717, 1.165) is 54.8 Å². The monoisotopic (exact) mass is 530 g/mol. The Bertz CT molecular complexity index is 787. The lowest BCUT2D eigenvalue weighted by Crippen LogP contribution is -2.51. The summed E-state index contributed by atoms with van der Waals surface area (Å²) in [6, 6.07) is 0. The Morgan fingerprint density at radius 1 is 1.06 bits per heavy atom. The molecule has 4 aliphatic rings. The third kappa shape index (κ3) is 5.08. The van der Waals surface area contributed by atoms with E-state index in [0.29, 0.717) is 5.41 Å². The molecule has 4 rings (SSSR count). The zero-order valence-electron chi connectivity index (χ0n) is 21.8. The van der Waals surface area contributed by atoms with Crippen LogP contribution in [-0.4, -0.2) is 15.9 Å². The third-order valence-corrected chi connectivity index (χ3v) is 11.2. The molecule has 0 unspecified atom stereocenters. The lowest BCUT2D eigenvalue weighted by atomic mass is 9.47. The summed E-state index contributed by atoms with van der Waals surface area (Å²) in [5.41, 5.74) is 2.23. The van der Waals surface area contributed by atoms with Crippen molar-refractivity contribution in [1.29, 1.82) is 0 Å². The lowest BCUT2D eigenvalue weighted by Gasteiger charge is -2.58. The van der Waals surface area contributed by atoms with Crippen molar-refractivity contribution >= 4 is 40.8 Å². The molecule has 0 aromatic rings. The number of carbonyl (C=O) groups excluding carboxylic acids is 1. The summed E-state index contributed by atoms with van der Waals surface area (Å²) < 4.78 is 3.59. The fourth-order valence-electron chi connectivity index (χ4n) is 8.97. The average molecular weight is 532 g/mol. The standard InChI is InChI=1S/C29H45Cl3O2/c1-18(2)7-6-8-19(3)23-11-12-24-22-10-9-20-17-21(34-26(33)29(30,31)32)13-15-27(20,4)25(22)14-16-28(23,24)5/h9,18-19,21-25H,6-8,10-17H2,1-5H3/t19-,21+,22-,23+,24-,25-,27-,28+/m0/s1. The normalized spacial score (nSPS) is 40.7. The summed E-state index contributed by atoms with van der Waals surface area (Å²) in [5, 5.41) is 0. The number of esters is 1. The average Bonchev–Trinajstić information content (AvgIpc) is 3.10. The summed E-state index contributed by atoms with van der Waals surface area (Å²) in [7, 11) is 0. The summed E-state index contributed by atoms with van der Waals surface area (Å²) in [6.07, 6.45) is 16.0. The first-order valence-corrected chi connectivity index (χ1v) is 15.0. The van der Waals surface area contributed by atoms with Crippen LogP contribution >= 0.6 is 34.8 Å². The molecule has 0 radical (unpaired) electrons. The summed E-state index contributed by atoms with van der Waals surface area (Å²) in [4.78, 5) is 12.1. The summed E-state index contributed by atoms with van der Waals surface area (Å²) >= 11 is 17.2. The smallest absolute Gasteiger partial charge is 0.358 e. The van der Waals surface area contributed by atoms with Gasteiger partial charge in [0.25, 0.3) is 3.79 Å². The molecule has 0 aromatic carbocycles. The first kappa shape index (κ1) is 27.1. The van der Waals surface area contributed by atoms with E-state index < -0.39 is 9.76 Å². The zero-order valence-corrected chi connectivity index (χ0v) is 24.1. The summed E-state index contributed by atoms with van der Waals surface area (Å²) in [6.45, 7) is 12.4. The molecule has 0 N–H and O–H groups in total. The molecule has 0 bridgehead atoms. The van der Waals surface area contributed by atoms with Crippen molar-refractivity contribution in [1.82, 2.24) is 0 Å². The first-order chi connectivity index (χ1) is 15.9. The maximum atomic E-state index is 12.1. The highest BCUT2D eigenvalue weighted by Gasteiger charge is 2.59. The Kier molecular flexibility index (Phi) is 8.05. The van der Waals surface area contributed by atoms with Crippen LogP contribution in [0.1, 0.15) is 105 Å². The topological polar surface area (TPSA) is 26.3 Å². The van der Waals surface area contributed by atoms with E-state index in [-0.39, 0.29) is 11.5 Å². The first-order valence-electron chi connectivity index (χ1n) is 13.8. The highest BCUT2D eigenvalue weighted by molar-refractivity contribution is 6.75. The van der Waals surface area contributed by atoms with Crippen LogP contribution in [-0.2, 0) is 9.53 Å². The molecule has 5 heteroatoms. The van der Waals surface area contributed by atoms with Crippen molar-refractivity contribution in [2.75, 3.05) is 0 Å². The van der Waals surface area contributed by atoms with Crippen LogP contribution in [0.4, 0.5) is 0 Å². The molecular weight excluding hydrogens is 487 g/mol. The maximum absolute atomic E-state index is 12.1. The minimum absolute atomic E-state index is 0.171. The van der Waals surface area contributed by atoms with E-state index in [1.54, 1.807) is 0 Å². The number of halogens is 3. The molecule has 8 atom stereocenters. The molecule has 0 amide bonds. The van der Waals surface area contributed by atoms with Crippen LogP contribution in [0.5, 0.6) is 0 Å². The van der Waals surface area contributed by atoms with Gasteiger partial charge in [-0.2, -0.15) is 0 Å². The largest absolute Gasteiger partial charge is 0.459 e. The van der Waals surface area contributed by atoms with Gasteiger partial charge in [-0.3, -0.25) is 0 Å². The number of alkyl halides is 3. The fourth-order valence-corrected chi connectivity index (χ4v) is 9.10. The van der Waals surface area contributed by atoms with Crippen molar-refractivity contribution in [3.63, 3.8) is 0 Å². The van der Waals surface area contributed by atoms with E-state index in [2.05, 4.69) is 40.7 Å². The molecule has 3 saturated carbocycles.